The number of hydrogen-bond acceptors (Lipinski definition) is 7. The lowest BCUT2D eigenvalue weighted by Crippen LogP contribution is -2.43. The van der Waals surface area contributed by atoms with Gasteiger partial charge in [-0.25, -0.2) is 9.97 Å². The van der Waals surface area contributed by atoms with Gasteiger partial charge in [0.15, 0.2) is 10.3 Å². The molecule has 1 aliphatic heterocycles. The van der Waals surface area contributed by atoms with E-state index < -0.39 is 0 Å². The minimum Gasteiger partial charge on any atom is -0.339 e. The lowest BCUT2D eigenvalue weighted by molar-refractivity contribution is -0.131. The third-order valence-corrected chi connectivity index (χ3v) is 6.25. The maximum absolute atomic E-state index is 12.5. The van der Waals surface area contributed by atoms with Gasteiger partial charge in [0.2, 0.25) is 5.91 Å². The van der Waals surface area contributed by atoms with Crippen LogP contribution in [0.1, 0.15) is 38.9 Å². The van der Waals surface area contributed by atoms with E-state index in [9.17, 15) is 4.79 Å². The zero-order valence-electron chi connectivity index (χ0n) is 15.2. The van der Waals surface area contributed by atoms with E-state index in [2.05, 4.69) is 38.6 Å². The van der Waals surface area contributed by atoms with Crippen LogP contribution in [0.25, 0.3) is 0 Å². The van der Waals surface area contributed by atoms with Crippen molar-refractivity contribution in [2.24, 2.45) is 0 Å². The van der Waals surface area contributed by atoms with E-state index in [4.69, 9.17) is 0 Å². The normalized spacial score (nSPS) is 17.5. The summed E-state index contributed by atoms with van der Waals surface area (Å²) in [7, 11) is 0. The SMILES string of the molecule is CCn1c(CSc2ncccn2)nnc1SCC(=O)N1CCCC[C@@H]1C. The van der Waals surface area contributed by atoms with Gasteiger partial charge in [-0.15, -0.1) is 10.2 Å². The van der Waals surface area contributed by atoms with Gasteiger partial charge in [-0.1, -0.05) is 23.5 Å². The van der Waals surface area contributed by atoms with E-state index in [0.29, 0.717) is 17.5 Å². The second kappa shape index (κ2) is 9.36. The number of aromatic nitrogens is 5. The molecule has 9 heteroatoms. The smallest absolute Gasteiger partial charge is 0.233 e. The zero-order valence-corrected chi connectivity index (χ0v) is 16.8. The molecule has 2 aromatic rings. The first-order chi connectivity index (χ1) is 12.7. The summed E-state index contributed by atoms with van der Waals surface area (Å²) in [6.45, 7) is 5.85. The largest absolute Gasteiger partial charge is 0.339 e. The van der Waals surface area contributed by atoms with Gasteiger partial charge in [-0.05, 0) is 39.2 Å². The maximum Gasteiger partial charge on any atom is 0.233 e. The molecule has 0 N–H and O–H groups in total. The van der Waals surface area contributed by atoms with Gasteiger partial charge in [-0.2, -0.15) is 0 Å². The topological polar surface area (TPSA) is 76.8 Å². The molecule has 1 atom stereocenters. The van der Waals surface area contributed by atoms with Crippen molar-refractivity contribution >= 4 is 29.4 Å². The maximum atomic E-state index is 12.5. The van der Waals surface area contributed by atoms with Crippen LogP contribution in [0, 0.1) is 0 Å². The molecule has 1 amide bonds. The molecule has 1 fully saturated rings. The van der Waals surface area contributed by atoms with Crippen LogP contribution in [0.4, 0.5) is 0 Å². The summed E-state index contributed by atoms with van der Waals surface area (Å²) in [4.78, 5) is 23.0. The summed E-state index contributed by atoms with van der Waals surface area (Å²) in [6, 6.07) is 2.15. The Morgan fingerprint density at radius 3 is 2.77 bits per heavy atom. The number of thioether (sulfide) groups is 2. The van der Waals surface area contributed by atoms with Crippen molar-refractivity contribution in [2.45, 2.75) is 61.8 Å². The first kappa shape index (κ1) is 19.2. The third-order valence-electron chi connectivity index (χ3n) is 4.43. The van der Waals surface area contributed by atoms with E-state index in [0.717, 1.165) is 42.1 Å². The zero-order chi connectivity index (χ0) is 18.4. The minimum atomic E-state index is 0.196. The molecule has 0 aromatic carbocycles. The van der Waals surface area contributed by atoms with Gasteiger partial charge in [-0.3, -0.25) is 4.79 Å². The Hall–Kier alpha value is -1.61. The number of likely N-dealkylation sites (tertiary alicyclic amines) is 1. The second-order valence-electron chi connectivity index (χ2n) is 6.18. The van der Waals surface area contributed by atoms with Gasteiger partial charge in [0.25, 0.3) is 0 Å². The molecule has 7 nitrogen and oxygen atoms in total. The van der Waals surface area contributed by atoms with E-state index in [1.807, 2.05) is 4.90 Å². The molecule has 0 unspecified atom stereocenters. The highest BCUT2D eigenvalue weighted by atomic mass is 32.2. The predicted molar refractivity (Wildman–Crippen MR) is 103 cm³/mol. The number of rotatable bonds is 7. The molecule has 0 spiro atoms. The number of hydrogen-bond donors (Lipinski definition) is 0. The summed E-state index contributed by atoms with van der Waals surface area (Å²) in [5.41, 5.74) is 0. The lowest BCUT2D eigenvalue weighted by Gasteiger charge is -2.33. The van der Waals surface area contributed by atoms with Crippen molar-refractivity contribution in [3.63, 3.8) is 0 Å². The highest BCUT2D eigenvalue weighted by molar-refractivity contribution is 7.99. The molecule has 140 valence electrons. The molecule has 3 heterocycles. The van der Waals surface area contributed by atoms with E-state index in [1.165, 1.54) is 29.9 Å². The van der Waals surface area contributed by atoms with Crippen LogP contribution in [0.15, 0.2) is 28.8 Å². The van der Waals surface area contributed by atoms with Crippen molar-refractivity contribution in [1.82, 2.24) is 29.6 Å². The Kier molecular flexibility index (Phi) is 6.90. The van der Waals surface area contributed by atoms with E-state index in [-0.39, 0.29) is 5.91 Å². The summed E-state index contributed by atoms with van der Waals surface area (Å²) >= 11 is 3.01. The molecular formula is C17H24N6OS2. The lowest BCUT2D eigenvalue weighted by atomic mass is 10.0. The highest BCUT2D eigenvalue weighted by Crippen LogP contribution is 2.24. The summed E-state index contributed by atoms with van der Waals surface area (Å²) < 4.78 is 2.06. The molecule has 1 aliphatic rings. The Morgan fingerprint density at radius 1 is 1.23 bits per heavy atom. The fourth-order valence-corrected chi connectivity index (χ4v) is 4.67. The van der Waals surface area contributed by atoms with Gasteiger partial charge >= 0.3 is 0 Å². The fourth-order valence-electron chi connectivity index (χ4n) is 3.02. The number of carbonyl (C=O) groups excluding carboxylic acids is 1. The van der Waals surface area contributed by atoms with Crippen molar-refractivity contribution in [3.8, 4) is 0 Å². The summed E-state index contributed by atoms with van der Waals surface area (Å²) in [5.74, 6) is 2.15. The first-order valence-corrected chi connectivity index (χ1v) is 10.9. The van der Waals surface area contributed by atoms with E-state index >= 15 is 0 Å². The van der Waals surface area contributed by atoms with Crippen LogP contribution in [-0.4, -0.2) is 53.9 Å². The van der Waals surface area contributed by atoms with Gasteiger partial charge in [0, 0.05) is 31.5 Å². The van der Waals surface area contributed by atoms with Crippen LogP contribution in [-0.2, 0) is 17.1 Å². The van der Waals surface area contributed by atoms with Crippen molar-refractivity contribution in [3.05, 3.63) is 24.3 Å². The molecular weight excluding hydrogens is 368 g/mol. The third kappa shape index (κ3) is 4.76. The average molecular weight is 393 g/mol. The van der Waals surface area contributed by atoms with E-state index in [1.54, 1.807) is 18.5 Å². The number of amides is 1. The average Bonchev–Trinajstić information content (AvgIpc) is 3.07. The minimum absolute atomic E-state index is 0.196. The first-order valence-electron chi connectivity index (χ1n) is 8.93. The molecule has 1 saturated heterocycles. The van der Waals surface area contributed by atoms with Crippen LogP contribution >= 0.6 is 23.5 Å². The molecule has 26 heavy (non-hydrogen) atoms. The molecule has 0 radical (unpaired) electrons. The van der Waals surface area contributed by atoms with Crippen molar-refractivity contribution in [1.29, 1.82) is 0 Å². The standard InChI is InChI=1S/C17H24N6OS2/c1-3-22-14(11-25-16-18-8-6-9-19-16)20-21-17(22)26-12-15(24)23-10-5-4-7-13(23)2/h6,8-9,13H,3-5,7,10-12H2,1-2H3/t13-/m0/s1. The molecule has 0 bridgehead atoms. The number of nitrogens with zero attached hydrogens (tertiary/aromatic N) is 6. The van der Waals surface area contributed by atoms with Crippen molar-refractivity contribution in [2.75, 3.05) is 12.3 Å². The number of piperidine rings is 1. The Labute approximate surface area is 162 Å². The monoisotopic (exact) mass is 392 g/mol. The second-order valence-corrected chi connectivity index (χ2v) is 8.07. The Bertz CT molecular complexity index is 723. The van der Waals surface area contributed by atoms with Crippen LogP contribution < -0.4 is 0 Å². The van der Waals surface area contributed by atoms with Crippen LogP contribution in [0.2, 0.25) is 0 Å². The van der Waals surface area contributed by atoms with Crippen LogP contribution in [0.5, 0.6) is 0 Å². The number of carbonyl (C=O) groups is 1. The molecule has 3 rings (SSSR count). The van der Waals surface area contributed by atoms with Gasteiger partial charge < -0.3 is 9.47 Å². The summed E-state index contributed by atoms with van der Waals surface area (Å²) in [5, 5.41) is 10.1. The Balaban J connectivity index is 1.58. The molecule has 0 aliphatic carbocycles. The molecule has 2 aromatic heterocycles. The predicted octanol–water partition coefficient (Wildman–Crippen LogP) is 2.87. The van der Waals surface area contributed by atoms with Crippen LogP contribution in [0.3, 0.4) is 0 Å². The Morgan fingerprint density at radius 2 is 2.04 bits per heavy atom. The molecule has 0 saturated carbocycles. The highest BCUT2D eigenvalue weighted by Gasteiger charge is 2.23. The van der Waals surface area contributed by atoms with Gasteiger partial charge in [0.05, 0.1) is 11.5 Å². The van der Waals surface area contributed by atoms with Crippen molar-refractivity contribution < 1.29 is 4.79 Å². The summed E-state index contributed by atoms with van der Waals surface area (Å²) in [6.07, 6.45) is 6.89. The fraction of sp³-hybridized carbons (Fsp3) is 0.588. The van der Waals surface area contributed by atoms with Gasteiger partial charge in [0.1, 0.15) is 5.82 Å². The quantitative estimate of drug-likeness (QED) is 0.530.